The highest BCUT2D eigenvalue weighted by atomic mass is 32.1. The molecule has 0 spiro atoms. The van der Waals surface area contributed by atoms with E-state index in [2.05, 4.69) is 22.4 Å². The Balaban J connectivity index is 1.57. The van der Waals surface area contributed by atoms with Crippen molar-refractivity contribution in [1.82, 2.24) is 15.1 Å². The third kappa shape index (κ3) is 2.48. The molecule has 6 heteroatoms. The van der Waals surface area contributed by atoms with Crippen LogP contribution in [0.25, 0.3) is 0 Å². The van der Waals surface area contributed by atoms with Gasteiger partial charge < -0.3 is 10.2 Å². The number of likely N-dealkylation sites (tertiary alicyclic amines) is 1. The van der Waals surface area contributed by atoms with E-state index in [1.54, 1.807) is 11.3 Å². The number of amides is 1. The molecule has 2 heterocycles. The van der Waals surface area contributed by atoms with Crippen molar-refractivity contribution in [3.63, 3.8) is 0 Å². The molecule has 3 rings (SSSR count). The highest BCUT2D eigenvalue weighted by Gasteiger charge is 2.39. The van der Waals surface area contributed by atoms with Crippen LogP contribution in [0.5, 0.6) is 0 Å². The molecule has 1 saturated heterocycles. The van der Waals surface area contributed by atoms with Crippen molar-refractivity contribution >= 4 is 22.4 Å². The Morgan fingerprint density at radius 1 is 1.44 bits per heavy atom. The van der Waals surface area contributed by atoms with E-state index in [0.29, 0.717) is 12.5 Å². The molecular weight excluding hydrogens is 248 g/mol. The van der Waals surface area contributed by atoms with Gasteiger partial charge in [-0.1, -0.05) is 18.3 Å². The second-order valence-electron chi connectivity index (χ2n) is 5.07. The molecule has 5 nitrogen and oxygen atoms in total. The Kier molecular flexibility index (Phi) is 3.20. The summed E-state index contributed by atoms with van der Waals surface area (Å²) in [6.45, 7) is 2.96. The monoisotopic (exact) mass is 266 g/mol. The zero-order valence-electron chi connectivity index (χ0n) is 10.6. The van der Waals surface area contributed by atoms with Crippen molar-refractivity contribution < 1.29 is 4.79 Å². The van der Waals surface area contributed by atoms with Crippen molar-refractivity contribution in [2.45, 2.75) is 51.1 Å². The molecule has 1 amide bonds. The average molecular weight is 266 g/mol. The molecule has 0 aromatic carbocycles. The summed E-state index contributed by atoms with van der Waals surface area (Å²) in [5.74, 6) is 0.285. The lowest BCUT2D eigenvalue weighted by atomic mass is 10.3. The summed E-state index contributed by atoms with van der Waals surface area (Å²) in [6.07, 6.45) is 5.03. The Morgan fingerprint density at radius 3 is 3.00 bits per heavy atom. The van der Waals surface area contributed by atoms with E-state index in [1.807, 2.05) is 4.90 Å². The van der Waals surface area contributed by atoms with Gasteiger partial charge in [0.1, 0.15) is 5.01 Å². The van der Waals surface area contributed by atoms with Crippen molar-refractivity contribution in [2.75, 3.05) is 11.9 Å². The summed E-state index contributed by atoms with van der Waals surface area (Å²) in [5, 5.41) is 13.6. The molecule has 1 aliphatic heterocycles. The number of rotatable bonds is 5. The van der Waals surface area contributed by atoms with E-state index in [0.717, 1.165) is 29.5 Å². The molecule has 1 aromatic heterocycles. The van der Waals surface area contributed by atoms with E-state index >= 15 is 0 Å². The van der Waals surface area contributed by atoms with Gasteiger partial charge in [0.05, 0.1) is 6.04 Å². The van der Waals surface area contributed by atoms with Crippen LogP contribution in [0.1, 0.15) is 37.6 Å². The van der Waals surface area contributed by atoms with E-state index in [1.165, 1.54) is 12.8 Å². The minimum atomic E-state index is 0.209. The second-order valence-corrected chi connectivity index (χ2v) is 6.14. The number of nitrogens with zero attached hydrogens (tertiary/aromatic N) is 3. The first-order chi connectivity index (χ1) is 8.76. The molecule has 0 bridgehead atoms. The number of aromatic nitrogens is 2. The van der Waals surface area contributed by atoms with Crippen LogP contribution in [0.15, 0.2) is 0 Å². The predicted octanol–water partition coefficient (Wildman–Crippen LogP) is 1.67. The van der Waals surface area contributed by atoms with Gasteiger partial charge >= 0.3 is 0 Å². The van der Waals surface area contributed by atoms with Crippen LogP contribution < -0.4 is 5.32 Å². The molecule has 1 aliphatic carbocycles. The van der Waals surface area contributed by atoms with Crippen molar-refractivity contribution in [3.8, 4) is 0 Å². The molecule has 0 unspecified atom stereocenters. The number of anilines is 1. The van der Waals surface area contributed by atoms with Crippen LogP contribution >= 0.6 is 11.3 Å². The Bertz CT molecular complexity index is 443. The maximum absolute atomic E-state index is 11.8. The molecule has 1 saturated carbocycles. The Labute approximate surface area is 111 Å². The third-order valence-electron chi connectivity index (χ3n) is 3.40. The van der Waals surface area contributed by atoms with Crippen molar-refractivity contribution in [1.29, 1.82) is 0 Å². The van der Waals surface area contributed by atoms with E-state index in [-0.39, 0.29) is 11.9 Å². The standard InChI is InChI=1S/C12H18N4OS/c1-2-3-10-14-15-12(18-10)13-8-6-11(17)16(7-8)9-4-5-9/h8-9H,2-7H2,1H3,(H,13,15)/t8-/m0/s1. The van der Waals surface area contributed by atoms with Gasteiger partial charge in [-0.15, -0.1) is 10.2 Å². The SMILES string of the molecule is CCCc1nnc(N[C@H]2CC(=O)N(C3CC3)C2)s1. The summed E-state index contributed by atoms with van der Waals surface area (Å²) in [7, 11) is 0. The summed E-state index contributed by atoms with van der Waals surface area (Å²) in [4.78, 5) is 13.8. The van der Waals surface area contributed by atoms with Gasteiger partial charge in [0, 0.05) is 25.4 Å². The minimum absolute atomic E-state index is 0.209. The van der Waals surface area contributed by atoms with Gasteiger partial charge in [-0.25, -0.2) is 0 Å². The first-order valence-electron chi connectivity index (χ1n) is 6.64. The van der Waals surface area contributed by atoms with Gasteiger partial charge in [0.2, 0.25) is 11.0 Å². The number of carbonyl (C=O) groups is 1. The van der Waals surface area contributed by atoms with Crippen molar-refractivity contribution in [2.24, 2.45) is 0 Å². The largest absolute Gasteiger partial charge is 0.355 e. The first kappa shape index (κ1) is 11.9. The van der Waals surface area contributed by atoms with Gasteiger partial charge in [-0.05, 0) is 19.3 Å². The maximum atomic E-state index is 11.8. The normalized spacial score (nSPS) is 23.7. The van der Waals surface area contributed by atoms with Crippen LogP contribution in [0.4, 0.5) is 5.13 Å². The smallest absolute Gasteiger partial charge is 0.225 e. The fourth-order valence-corrected chi connectivity index (χ4v) is 3.29. The predicted molar refractivity (Wildman–Crippen MR) is 70.7 cm³/mol. The molecule has 1 N–H and O–H groups in total. The topological polar surface area (TPSA) is 58.1 Å². The molecule has 98 valence electrons. The number of nitrogens with one attached hydrogen (secondary N) is 1. The summed E-state index contributed by atoms with van der Waals surface area (Å²) >= 11 is 1.61. The Morgan fingerprint density at radius 2 is 2.28 bits per heavy atom. The highest BCUT2D eigenvalue weighted by molar-refractivity contribution is 7.15. The van der Waals surface area contributed by atoms with Crippen LogP contribution in [-0.2, 0) is 11.2 Å². The maximum Gasteiger partial charge on any atom is 0.225 e. The second kappa shape index (κ2) is 4.84. The molecule has 0 radical (unpaired) electrons. The van der Waals surface area contributed by atoms with Crippen LogP contribution in [0.2, 0.25) is 0 Å². The first-order valence-corrected chi connectivity index (χ1v) is 7.46. The quantitative estimate of drug-likeness (QED) is 0.880. The van der Waals surface area contributed by atoms with Gasteiger partial charge in [0.25, 0.3) is 0 Å². The van der Waals surface area contributed by atoms with E-state index in [9.17, 15) is 4.79 Å². The highest BCUT2D eigenvalue weighted by Crippen LogP contribution is 2.31. The zero-order valence-corrected chi connectivity index (χ0v) is 11.4. The zero-order chi connectivity index (χ0) is 12.5. The minimum Gasteiger partial charge on any atom is -0.355 e. The summed E-state index contributed by atoms with van der Waals surface area (Å²) < 4.78 is 0. The molecule has 18 heavy (non-hydrogen) atoms. The molecule has 2 fully saturated rings. The summed E-state index contributed by atoms with van der Waals surface area (Å²) in [5.41, 5.74) is 0. The van der Waals surface area contributed by atoms with Crippen molar-refractivity contribution in [3.05, 3.63) is 5.01 Å². The molecule has 2 aliphatic rings. The molecule has 1 aromatic rings. The fourth-order valence-electron chi connectivity index (χ4n) is 2.37. The third-order valence-corrected chi connectivity index (χ3v) is 4.32. The lowest BCUT2D eigenvalue weighted by molar-refractivity contribution is -0.128. The van der Waals surface area contributed by atoms with E-state index < -0.39 is 0 Å². The van der Waals surface area contributed by atoms with Gasteiger partial charge in [-0.3, -0.25) is 4.79 Å². The number of hydrogen-bond donors (Lipinski definition) is 1. The lowest BCUT2D eigenvalue weighted by Crippen LogP contribution is -2.29. The Hall–Kier alpha value is -1.17. The van der Waals surface area contributed by atoms with Crippen LogP contribution in [0.3, 0.4) is 0 Å². The number of hydrogen-bond acceptors (Lipinski definition) is 5. The number of aryl methyl sites for hydroxylation is 1. The number of carbonyl (C=O) groups excluding carboxylic acids is 1. The molecule has 1 atom stereocenters. The van der Waals surface area contributed by atoms with Gasteiger partial charge in [0.15, 0.2) is 0 Å². The molecular formula is C12H18N4OS. The average Bonchev–Trinajstić information content (AvgIpc) is 2.99. The van der Waals surface area contributed by atoms with E-state index in [4.69, 9.17) is 0 Å². The fraction of sp³-hybridized carbons (Fsp3) is 0.750. The van der Waals surface area contributed by atoms with Crippen LogP contribution in [-0.4, -0.2) is 39.6 Å². The van der Waals surface area contributed by atoms with Crippen LogP contribution in [0, 0.1) is 0 Å². The lowest BCUT2D eigenvalue weighted by Gasteiger charge is -2.15. The summed E-state index contributed by atoms with van der Waals surface area (Å²) in [6, 6.07) is 0.731. The van der Waals surface area contributed by atoms with Gasteiger partial charge in [-0.2, -0.15) is 0 Å².